The van der Waals surface area contributed by atoms with Gasteiger partial charge >= 0.3 is 5.97 Å². The number of carboxylic acid groups (broad SMARTS) is 1. The summed E-state index contributed by atoms with van der Waals surface area (Å²) in [6.45, 7) is 0. The zero-order valence-corrected chi connectivity index (χ0v) is 15.2. The van der Waals surface area contributed by atoms with Gasteiger partial charge in [0, 0.05) is 16.7 Å². The van der Waals surface area contributed by atoms with Crippen molar-refractivity contribution < 1.29 is 19.5 Å². The van der Waals surface area contributed by atoms with Gasteiger partial charge < -0.3 is 5.11 Å². The van der Waals surface area contributed by atoms with E-state index in [0.717, 1.165) is 5.56 Å². The van der Waals surface area contributed by atoms with Gasteiger partial charge in [0.2, 0.25) is 12.6 Å². The summed E-state index contributed by atoms with van der Waals surface area (Å²) >= 11 is 0. The molecule has 0 bridgehead atoms. The van der Waals surface area contributed by atoms with E-state index in [-0.39, 0.29) is 11.1 Å². The van der Waals surface area contributed by atoms with Crippen LogP contribution in [0.3, 0.4) is 0 Å². The molecule has 1 N–H and O–H groups in total. The minimum absolute atomic E-state index is 0.0158. The first-order valence-corrected chi connectivity index (χ1v) is 8.90. The number of aromatic carboxylic acids is 1. The quantitative estimate of drug-likeness (QED) is 0.542. The SMILES string of the molecule is O=[C]c1ccc2c(C(=O)O)c([C]=O)c(-c3ccccc3)c(-c3ccccc3)c2c1. The average molecular weight is 378 g/mol. The molecule has 29 heavy (non-hydrogen) atoms. The van der Waals surface area contributed by atoms with Crippen molar-refractivity contribution in [3.8, 4) is 22.3 Å². The lowest BCUT2D eigenvalue weighted by Gasteiger charge is -2.19. The number of hydrogen-bond donors (Lipinski definition) is 1. The normalized spacial score (nSPS) is 10.6. The second-order valence-corrected chi connectivity index (χ2v) is 6.50. The molecule has 0 amide bonds. The molecular formula is C25H14O4. The molecule has 138 valence electrons. The molecule has 2 radical (unpaired) electrons. The van der Waals surface area contributed by atoms with Gasteiger partial charge in [0.1, 0.15) is 0 Å². The van der Waals surface area contributed by atoms with Gasteiger partial charge in [-0.25, -0.2) is 4.79 Å². The van der Waals surface area contributed by atoms with Gasteiger partial charge in [0.15, 0.2) is 0 Å². The van der Waals surface area contributed by atoms with Crippen LogP contribution in [0.5, 0.6) is 0 Å². The number of hydrogen-bond acceptors (Lipinski definition) is 3. The first kappa shape index (κ1) is 18.3. The summed E-state index contributed by atoms with van der Waals surface area (Å²) in [6.07, 6.45) is 3.73. The molecule has 0 aromatic heterocycles. The van der Waals surface area contributed by atoms with Crippen LogP contribution in [-0.4, -0.2) is 23.6 Å². The van der Waals surface area contributed by atoms with Crippen LogP contribution in [0.1, 0.15) is 21.5 Å². The van der Waals surface area contributed by atoms with Gasteiger partial charge in [0.25, 0.3) is 0 Å². The Morgan fingerprint density at radius 1 is 0.690 bits per heavy atom. The average Bonchev–Trinajstić information content (AvgIpc) is 2.77. The molecule has 0 saturated carbocycles. The maximum atomic E-state index is 12.1. The van der Waals surface area contributed by atoms with Crippen molar-refractivity contribution in [3.05, 3.63) is 95.6 Å². The van der Waals surface area contributed by atoms with E-state index in [9.17, 15) is 19.5 Å². The smallest absolute Gasteiger partial charge is 0.337 e. The molecule has 4 aromatic rings. The van der Waals surface area contributed by atoms with Crippen molar-refractivity contribution in [3.63, 3.8) is 0 Å². The minimum atomic E-state index is -1.23. The van der Waals surface area contributed by atoms with E-state index in [2.05, 4.69) is 0 Å². The number of fused-ring (bicyclic) bond motifs is 1. The van der Waals surface area contributed by atoms with Crippen LogP contribution in [-0.2, 0) is 9.59 Å². The monoisotopic (exact) mass is 378 g/mol. The van der Waals surface area contributed by atoms with Crippen LogP contribution in [0.15, 0.2) is 78.9 Å². The topological polar surface area (TPSA) is 71.4 Å². The van der Waals surface area contributed by atoms with Crippen LogP contribution >= 0.6 is 0 Å². The van der Waals surface area contributed by atoms with Crippen molar-refractivity contribution in [2.75, 3.05) is 0 Å². The van der Waals surface area contributed by atoms with E-state index in [4.69, 9.17) is 0 Å². The van der Waals surface area contributed by atoms with E-state index >= 15 is 0 Å². The highest BCUT2D eigenvalue weighted by Gasteiger charge is 2.25. The van der Waals surface area contributed by atoms with Gasteiger partial charge in [0.05, 0.1) is 5.56 Å². The molecule has 0 atom stereocenters. The van der Waals surface area contributed by atoms with Gasteiger partial charge in [-0.15, -0.1) is 0 Å². The van der Waals surface area contributed by atoms with E-state index in [1.54, 1.807) is 12.1 Å². The fraction of sp³-hybridized carbons (Fsp3) is 0. The summed E-state index contributed by atoms with van der Waals surface area (Å²) in [5.74, 6) is -1.23. The van der Waals surface area contributed by atoms with Crippen LogP contribution in [0, 0.1) is 0 Å². The number of carboxylic acids is 1. The Bertz CT molecular complexity index is 1240. The second-order valence-electron chi connectivity index (χ2n) is 6.50. The van der Waals surface area contributed by atoms with Crippen molar-refractivity contribution >= 4 is 29.3 Å². The van der Waals surface area contributed by atoms with Crippen LogP contribution < -0.4 is 0 Å². The van der Waals surface area contributed by atoms with Crippen LogP contribution in [0.2, 0.25) is 0 Å². The number of carbonyl (C=O) groups excluding carboxylic acids is 2. The van der Waals surface area contributed by atoms with E-state index in [1.165, 1.54) is 6.07 Å². The van der Waals surface area contributed by atoms with Gasteiger partial charge in [-0.2, -0.15) is 0 Å². The molecule has 4 nitrogen and oxygen atoms in total. The minimum Gasteiger partial charge on any atom is -0.478 e. The Kier molecular flexibility index (Phi) is 4.75. The Balaban J connectivity index is 2.31. The largest absolute Gasteiger partial charge is 0.478 e. The summed E-state index contributed by atoms with van der Waals surface area (Å²) < 4.78 is 0. The fourth-order valence-corrected chi connectivity index (χ4v) is 3.67. The molecule has 0 spiro atoms. The van der Waals surface area contributed by atoms with Gasteiger partial charge in [-0.05, 0) is 33.5 Å². The number of rotatable bonds is 5. The highest BCUT2D eigenvalue weighted by molar-refractivity contribution is 6.19. The molecule has 0 fully saturated rings. The maximum Gasteiger partial charge on any atom is 0.337 e. The standard InChI is InChI=1S/C25H14O4/c26-14-16-11-12-19-20(13-16)22(17-7-3-1-4-8-17)23(18-9-5-2-6-10-18)21(15-27)24(19)25(28)29/h1-13H,(H,28,29). The van der Waals surface area contributed by atoms with Gasteiger partial charge in [-0.1, -0.05) is 72.8 Å². The fourth-order valence-electron chi connectivity index (χ4n) is 3.67. The molecule has 4 rings (SSSR count). The first-order valence-electron chi connectivity index (χ1n) is 8.90. The van der Waals surface area contributed by atoms with E-state index in [1.807, 2.05) is 73.2 Å². The zero-order chi connectivity index (χ0) is 20.4. The summed E-state index contributed by atoms with van der Waals surface area (Å²) in [5.41, 5.74) is 2.78. The Hall–Kier alpha value is -4.05. The second kappa shape index (κ2) is 7.52. The Labute approximate surface area is 167 Å². The van der Waals surface area contributed by atoms with Crippen molar-refractivity contribution in [2.45, 2.75) is 0 Å². The highest BCUT2D eigenvalue weighted by atomic mass is 16.4. The lowest BCUT2D eigenvalue weighted by Crippen LogP contribution is -2.07. The van der Waals surface area contributed by atoms with Gasteiger partial charge in [-0.3, -0.25) is 9.59 Å². The third-order valence-corrected chi connectivity index (χ3v) is 4.87. The predicted molar refractivity (Wildman–Crippen MR) is 111 cm³/mol. The molecule has 0 aliphatic rings. The molecule has 0 aliphatic heterocycles. The third-order valence-electron chi connectivity index (χ3n) is 4.87. The van der Waals surface area contributed by atoms with Crippen molar-refractivity contribution in [2.24, 2.45) is 0 Å². The van der Waals surface area contributed by atoms with Crippen molar-refractivity contribution in [1.82, 2.24) is 0 Å². The zero-order valence-electron chi connectivity index (χ0n) is 15.2. The Morgan fingerprint density at radius 3 is 1.79 bits per heavy atom. The summed E-state index contributed by atoms with van der Waals surface area (Å²) in [4.78, 5) is 35.4. The van der Waals surface area contributed by atoms with Crippen LogP contribution in [0.25, 0.3) is 33.0 Å². The van der Waals surface area contributed by atoms with E-state index in [0.29, 0.717) is 33.0 Å². The lowest BCUT2D eigenvalue weighted by atomic mass is 9.83. The lowest BCUT2D eigenvalue weighted by molar-refractivity contribution is 0.0699. The molecule has 4 heteroatoms. The molecule has 0 saturated heterocycles. The molecule has 0 heterocycles. The van der Waals surface area contributed by atoms with Crippen LogP contribution in [0.4, 0.5) is 0 Å². The first-order chi connectivity index (χ1) is 14.2. The molecule has 0 aliphatic carbocycles. The molecule has 4 aromatic carbocycles. The third kappa shape index (κ3) is 3.11. The Morgan fingerprint density at radius 2 is 1.28 bits per heavy atom. The summed E-state index contributed by atoms with van der Waals surface area (Å²) in [6, 6.07) is 23.1. The number of benzene rings is 4. The highest BCUT2D eigenvalue weighted by Crippen LogP contribution is 2.42. The summed E-state index contributed by atoms with van der Waals surface area (Å²) in [5, 5.41) is 10.8. The molecule has 0 unspecified atom stereocenters. The van der Waals surface area contributed by atoms with Crippen molar-refractivity contribution in [1.29, 1.82) is 0 Å². The summed E-state index contributed by atoms with van der Waals surface area (Å²) in [7, 11) is 0. The predicted octanol–water partition coefficient (Wildman–Crippen LogP) is 4.79. The molecular weight excluding hydrogens is 364 g/mol. The number of carbonyl (C=O) groups is 1. The maximum absolute atomic E-state index is 12.1. The van der Waals surface area contributed by atoms with E-state index < -0.39 is 5.97 Å².